The van der Waals surface area contributed by atoms with Gasteiger partial charge in [-0.1, -0.05) is 60.4 Å². The Morgan fingerprint density at radius 2 is 1.79 bits per heavy atom. The lowest BCUT2D eigenvalue weighted by atomic mass is 9.97. The molecule has 2 aromatic carbocycles. The Morgan fingerprint density at radius 3 is 2.44 bits per heavy atom. The van der Waals surface area contributed by atoms with Crippen LogP contribution in [0.5, 0.6) is 0 Å². The van der Waals surface area contributed by atoms with Gasteiger partial charge in [0.25, 0.3) is 5.89 Å². The molecule has 34 heavy (non-hydrogen) atoms. The average molecular weight is 539 g/mol. The lowest BCUT2D eigenvalue weighted by molar-refractivity contribution is 0.398. The zero-order valence-electron chi connectivity index (χ0n) is 18.8. The van der Waals surface area contributed by atoms with Gasteiger partial charge in [-0.25, -0.2) is 14.6 Å². The first kappa shape index (κ1) is 22.5. The number of nitrogens with zero attached hydrogens (tertiary/aromatic N) is 7. The molecule has 10 heteroatoms. The summed E-state index contributed by atoms with van der Waals surface area (Å²) in [4.78, 5) is 9.09. The smallest absolute Gasteiger partial charge is 0.268 e. The van der Waals surface area contributed by atoms with Crippen molar-refractivity contribution in [3.8, 4) is 28.7 Å². The Labute approximate surface area is 209 Å². The summed E-state index contributed by atoms with van der Waals surface area (Å²) in [6.07, 6.45) is 3.16. The van der Waals surface area contributed by atoms with Gasteiger partial charge in [-0.15, -0.1) is 10.2 Å². The van der Waals surface area contributed by atoms with E-state index in [2.05, 4.69) is 36.2 Å². The second-order valence-corrected chi connectivity index (χ2v) is 10.1. The fourth-order valence-corrected chi connectivity index (χ4v) is 4.04. The van der Waals surface area contributed by atoms with Gasteiger partial charge in [-0.05, 0) is 36.4 Å². The Kier molecular flexibility index (Phi) is 5.83. The van der Waals surface area contributed by atoms with Gasteiger partial charge in [0.2, 0.25) is 5.89 Å². The number of hydrogen-bond donors (Lipinski definition) is 0. The number of imidazole rings is 1. The number of aromatic nitrogens is 7. The Bertz CT molecular complexity index is 1430. The molecule has 5 aromatic rings. The monoisotopic (exact) mass is 537 g/mol. The van der Waals surface area contributed by atoms with E-state index >= 15 is 0 Å². The van der Waals surface area contributed by atoms with E-state index in [4.69, 9.17) is 21.0 Å². The van der Waals surface area contributed by atoms with Crippen molar-refractivity contribution in [1.82, 2.24) is 34.5 Å². The van der Waals surface area contributed by atoms with Gasteiger partial charge in [0, 0.05) is 21.1 Å². The van der Waals surface area contributed by atoms with Crippen molar-refractivity contribution in [2.75, 3.05) is 0 Å². The average Bonchev–Trinajstić information content (AvgIpc) is 3.55. The molecule has 0 bridgehead atoms. The summed E-state index contributed by atoms with van der Waals surface area (Å²) in [6.45, 7) is 6.46. The first-order chi connectivity index (χ1) is 16.3. The third-order valence-corrected chi connectivity index (χ3v) is 6.08. The third kappa shape index (κ3) is 4.28. The summed E-state index contributed by atoms with van der Waals surface area (Å²) in [5.74, 6) is 1.53. The maximum absolute atomic E-state index is 6.62. The van der Waals surface area contributed by atoms with Crippen LogP contribution in [0, 0.1) is 0 Å². The first-order valence-corrected chi connectivity index (χ1v) is 11.8. The normalized spacial score (nSPS) is 11.8. The van der Waals surface area contributed by atoms with E-state index in [1.165, 1.54) is 6.33 Å². The van der Waals surface area contributed by atoms with Crippen LogP contribution in [0.25, 0.3) is 28.7 Å². The van der Waals surface area contributed by atoms with Crippen LogP contribution in [0.15, 0.2) is 70.1 Å². The van der Waals surface area contributed by atoms with Gasteiger partial charge in [-0.3, -0.25) is 4.57 Å². The summed E-state index contributed by atoms with van der Waals surface area (Å²) in [5, 5.41) is 13.5. The summed E-state index contributed by atoms with van der Waals surface area (Å²) < 4.78 is 10.8. The summed E-state index contributed by atoms with van der Waals surface area (Å²) in [5.41, 5.74) is 2.77. The van der Waals surface area contributed by atoms with E-state index in [1.54, 1.807) is 11.0 Å². The van der Waals surface area contributed by atoms with Gasteiger partial charge in [0.1, 0.15) is 18.5 Å². The number of rotatable bonds is 5. The van der Waals surface area contributed by atoms with Gasteiger partial charge < -0.3 is 4.42 Å². The molecule has 0 aliphatic heterocycles. The molecule has 0 unspecified atom stereocenters. The molecule has 0 saturated carbocycles. The standard InChI is InChI=1S/C24H21BrClN7O/c1-24(2,3)23-31-30-22(34-23)20-19(12-32-14-27-13-28-32)33(16-10-8-15(25)9-11-16)21(29-20)17-6-4-5-7-18(17)26/h4-11,13-14H,12H2,1-3H3. The number of hydrogen-bond acceptors (Lipinski definition) is 6. The van der Waals surface area contributed by atoms with Crippen molar-refractivity contribution in [2.45, 2.75) is 32.7 Å². The summed E-state index contributed by atoms with van der Waals surface area (Å²) >= 11 is 10.1. The Morgan fingerprint density at radius 1 is 1.03 bits per heavy atom. The van der Waals surface area contributed by atoms with E-state index in [9.17, 15) is 0 Å². The van der Waals surface area contributed by atoms with E-state index in [-0.39, 0.29) is 5.41 Å². The van der Waals surface area contributed by atoms with Crippen LogP contribution >= 0.6 is 27.5 Å². The van der Waals surface area contributed by atoms with Crippen molar-refractivity contribution < 1.29 is 4.42 Å². The highest BCUT2D eigenvalue weighted by molar-refractivity contribution is 9.10. The molecule has 0 radical (unpaired) electrons. The highest BCUT2D eigenvalue weighted by atomic mass is 79.9. The van der Waals surface area contributed by atoms with Gasteiger partial charge in [0.15, 0.2) is 5.69 Å². The van der Waals surface area contributed by atoms with E-state index < -0.39 is 0 Å². The highest BCUT2D eigenvalue weighted by Gasteiger charge is 2.28. The molecule has 8 nitrogen and oxygen atoms in total. The molecule has 0 aliphatic carbocycles. The minimum atomic E-state index is -0.294. The molecule has 0 fully saturated rings. The molecule has 0 aliphatic rings. The number of halogens is 2. The maximum atomic E-state index is 6.62. The lowest BCUT2D eigenvalue weighted by Gasteiger charge is -2.14. The van der Waals surface area contributed by atoms with E-state index in [1.807, 2.05) is 73.9 Å². The van der Waals surface area contributed by atoms with Gasteiger partial charge in [0.05, 0.1) is 17.3 Å². The predicted octanol–water partition coefficient (Wildman–Crippen LogP) is 5.94. The molecule has 0 atom stereocenters. The summed E-state index contributed by atoms with van der Waals surface area (Å²) in [7, 11) is 0. The molecule has 3 heterocycles. The fourth-order valence-electron chi connectivity index (χ4n) is 3.55. The van der Waals surface area contributed by atoms with Crippen molar-refractivity contribution in [1.29, 1.82) is 0 Å². The zero-order chi connectivity index (χ0) is 23.9. The molecule has 0 saturated heterocycles. The molecule has 5 rings (SSSR count). The fraction of sp³-hybridized carbons (Fsp3) is 0.208. The molecule has 0 N–H and O–H groups in total. The quantitative estimate of drug-likeness (QED) is 0.275. The largest absolute Gasteiger partial charge is 0.419 e. The van der Waals surface area contributed by atoms with E-state index in [0.717, 1.165) is 21.4 Å². The zero-order valence-corrected chi connectivity index (χ0v) is 21.1. The van der Waals surface area contributed by atoms with Crippen LogP contribution in [-0.2, 0) is 12.0 Å². The van der Waals surface area contributed by atoms with Crippen LogP contribution in [0.4, 0.5) is 0 Å². The first-order valence-electron chi connectivity index (χ1n) is 10.6. The molecule has 0 amide bonds. The van der Waals surface area contributed by atoms with Crippen LogP contribution < -0.4 is 0 Å². The minimum absolute atomic E-state index is 0.294. The van der Waals surface area contributed by atoms with E-state index in [0.29, 0.717) is 34.9 Å². The van der Waals surface area contributed by atoms with Crippen molar-refractivity contribution in [3.63, 3.8) is 0 Å². The van der Waals surface area contributed by atoms with Crippen LogP contribution in [-0.4, -0.2) is 34.5 Å². The predicted molar refractivity (Wildman–Crippen MR) is 133 cm³/mol. The lowest BCUT2D eigenvalue weighted by Crippen LogP contribution is -2.11. The second kappa shape index (κ2) is 8.81. The van der Waals surface area contributed by atoms with Crippen molar-refractivity contribution in [3.05, 3.63) is 82.3 Å². The second-order valence-electron chi connectivity index (χ2n) is 8.78. The molecular formula is C24H21BrClN7O. The Hall–Kier alpha value is -3.30. The van der Waals surface area contributed by atoms with Crippen molar-refractivity contribution in [2.24, 2.45) is 0 Å². The SMILES string of the molecule is CC(C)(C)c1nnc(-c2nc(-c3ccccc3Cl)n(-c3ccc(Br)cc3)c2Cn2cncn2)o1. The Balaban J connectivity index is 1.80. The number of benzene rings is 2. The molecule has 3 aromatic heterocycles. The highest BCUT2D eigenvalue weighted by Crippen LogP contribution is 2.36. The van der Waals surface area contributed by atoms with Crippen molar-refractivity contribution >= 4 is 27.5 Å². The summed E-state index contributed by atoms with van der Waals surface area (Å²) in [6, 6.07) is 15.6. The van der Waals surface area contributed by atoms with Gasteiger partial charge in [-0.2, -0.15) is 5.10 Å². The maximum Gasteiger partial charge on any atom is 0.268 e. The molecular weight excluding hydrogens is 518 g/mol. The van der Waals surface area contributed by atoms with Crippen LogP contribution in [0.3, 0.4) is 0 Å². The third-order valence-electron chi connectivity index (χ3n) is 5.22. The minimum Gasteiger partial charge on any atom is -0.419 e. The topological polar surface area (TPSA) is 87.5 Å². The van der Waals surface area contributed by atoms with Crippen LogP contribution in [0.1, 0.15) is 32.4 Å². The van der Waals surface area contributed by atoms with Gasteiger partial charge >= 0.3 is 0 Å². The molecule has 0 spiro atoms. The van der Waals surface area contributed by atoms with Crippen LogP contribution in [0.2, 0.25) is 5.02 Å². The molecule has 172 valence electrons.